The average molecular weight is 265 g/mol. The fourth-order valence-electron chi connectivity index (χ4n) is 1.57. The molecule has 0 aliphatic heterocycles. The monoisotopic (exact) mass is 265 g/mol. The summed E-state index contributed by atoms with van der Waals surface area (Å²) >= 11 is 4.81. The number of aromatic nitrogens is 2. The molecule has 0 unspecified atom stereocenters. The molecule has 4 nitrogen and oxygen atoms in total. The van der Waals surface area contributed by atoms with Gasteiger partial charge in [-0.1, -0.05) is 18.3 Å². The summed E-state index contributed by atoms with van der Waals surface area (Å²) in [5.41, 5.74) is 6.50. The third-order valence-corrected chi connectivity index (χ3v) is 2.58. The number of hydrogen-bond acceptors (Lipinski definition) is 3. The number of rotatable bonds is 4. The second-order valence-corrected chi connectivity index (χ2v) is 4.23. The normalized spacial score (nSPS) is 10.3. The Morgan fingerprint density at radius 1 is 1.56 bits per heavy atom. The second kappa shape index (κ2) is 5.14. The predicted molar refractivity (Wildman–Crippen MR) is 69.8 cm³/mol. The SMILES string of the molecule is Cn1cc(COc2cccc(F)c2C(N)=S)cn1. The quantitative estimate of drug-likeness (QED) is 0.856. The van der Waals surface area contributed by atoms with Crippen molar-refractivity contribution in [3.63, 3.8) is 0 Å². The van der Waals surface area contributed by atoms with E-state index in [1.54, 1.807) is 23.0 Å². The van der Waals surface area contributed by atoms with Gasteiger partial charge in [-0.25, -0.2) is 4.39 Å². The fourth-order valence-corrected chi connectivity index (χ4v) is 1.77. The molecule has 2 N–H and O–H groups in total. The molecule has 0 aliphatic carbocycles. The summed E-state index contributed by atoms with van der Waals surface area (Å²) < 4.78 is 20.8. The van der Waals surface area contributed by atoms with Crippen LogP contribution in [0.3, 0.4) is 0 Å². The molecule has 94 valence electrons. The van der Waals surface area contributed by atoms with Crippen molar-refractivity contribution in [1.82, 2.24) is 9.78 Å². The maximum atomic E-state index is 13.6. The molecule has 0 fully saturated rings. The van der Waals surface area contributed by atoms with E-state index in [4.69, 9.17) is 22.7 Å². The zero-order valence-electron chi connectivity index (χ0n) is 9.76. The molecule has 0 atom stereocenters. The van der Waals surface area contributed by atoms with E-state index >= 15 is 0 Å². The van der Waals surface area contributed by atoms with E-state index in [0.717, 1.165) is 5.56 Å². The molecule has 0 radical (unpaired) electrons. The van der Waals surface area contributed by atoms with Crippen molar-refractivity contribution in [2.24, 2.45) is 12.8 Å². The Labute approximate surface area is 109 Å². The molecule has 0 amide bonds. The van der Waals surface area contributed by atoms with E-state index in [0.29, 0.717) is 5.75 Å². The first-order valence-electron chi connectivity index (χ1n) is 5.26. The summed E-state index contributed by atoms with van der Waals surface area (Å²) in [5.74, 6) is -0.141. The largest absolute Gasteiger partial charge is 0.488 e. The van der Waals surface area contributed by atoms with Gasteiger partial charge in [0, 0.05) is 18.8 Å². The van der Waals surface area contributed by atoms with Crippen LogP contribution in [0.2, 0.25) is 0 Å². The highest BCUT2D eigenvalue weighted by molar-refractivity contribution is 7.80. The first-order valence-corrected chi connectivity index (χ1v) is 5.67. The minimum Gasteiger partial charge on any atom is -0.488 e. The van der Waals surface area contributed by atoms with Crippen molar-refractivity contribution in [1.29, 1.82) is 0 Å². The number of benzene rings is 1. The summed E-state index contributed by atoms with van der Waals surface area (Å²) in [6.07, 6.45) is 3.50. The van der Waals surface area contributed by atoms with Gasteiger partial charge >= 0.3 is 0 Å². The van der Waals surface area contributed by atoms with Crippen LogP contribution in [0.5, 0.6) is 5.75 Å². The Bertz CT molecular complexity index is 582. The molecule has 0 saturated heterocycles. The summed E-state index contributed by atoms with van der Waals surface area (Å²) in [6.45, 7) is 0.285. The number of halogens is 1. The highest BCUT2D eigenvalue weighted by Gasteiger charge is 2.12. The van der Waals surface area contributed by atoms with Gasteiger partial charge in [-0.05, 0) is 12.1 Å². The number of thiocarbonyl (C=S) groups is 1. The average Bonchev–Trinajstić information content (AvgIpc) is 2.72. The van der Waals surface area contributed by atoms with Gasteiger partial charge in [-0.15, -0.1) is 0 Å². The molecule has 2 rings (SSSR count). The van der Waals surface area contributed by atoms with Gasteiger partial charge in [0.15, 0.2) is 0 Å². The van der Waals surface area contributed by atoms with Crippen LogP contribution in [0.1, 0.15) is 11.1 Å². The van der Waals surface area contributed by atoms with Crippen LogP contribution in [0, 0.1) is 5.82 Å². The standard InChI is InChI=1S/C12H12FN3OS/c1-16-6-8(5-15-16)7-17-10-4-2-3-9(13)11(10)12(14)18/h2-6H,7H2,1H3,(H2,14,18). The van der Waals surface area contributed by atoms with Gasteiger partial charge < -0.3 is 10.5 Å². The molecule has 0 saturated carbocycles. The van der Waals surface area contributed by atoms with Crippen LogP contribution in [0.4, 0.5) is 4.39 Å². The van der Waals surface area contributed by atoms with Gasteiger partial charge in [0.25, 0.3) is 0 Å². The molecule has 1 heterocycles. The molecular formula is C12H12FN3OS. The molecule has 1 aromatic carbocycles. The summed E-state index contributed by atoms with van der Waals surface area (Å²) in [6, 6.07) is 4.48. The number of hydrogen-bond donors (Lipinski definition) is 1. The minimum atomic E-state index is -0.480. The molecule has 1 aromatic heterocycles. The third-order valence-electron chi connectivity index (χ3n) is 2.37. The van der Waals surface area contributed by atoms with Crippen LogP contribution in [0.15, 0.2) is 30.6 Å². The fraction of sp³-hybridized carbons (Fsp3) is 0.167. The van der Waals surface area contributed by atoms with Gasteiger partial charge in [0.05, 0.1) is 11.8 Å². The Morgan fingerprint density at radius 3 is 2.94 bits per heavy atom. The van der Waals surface area contributed by atoms with Crippen molar-refractivity contribution in [3.8, 4) is 5.75 Å². The van der Waals surface area contributed by atoms with Gasteiger partial charge in [-0.3, -0.25) is 4.68 Å². The smallest absolute Gasteiger partial charge is 0.137 e. The van der Waals surface area contributed by atoms with Crippen LogP contribution in [-0.2, 0) is 13.7 Å². The van der Waals surface area contributed by atoms with Crippen molar-refractivity contribution in [2.45, 2.75) is 6.61 Å². The van der Waals surface area contributed by atoms with E-state index in [-0.39, 0.29) is 17.2 Å². The van der Waals surface area contributed by atoms with Gasteiger partial charge in [0.1, 0.15) is 23.2 Å². The molecule has 0 spiro atoms. The lowest BCUT2D eigenvalue weighted by molar-refractivity contribution is 0.304. The number of nitrogens with two attached hydrogens (primary N) is 1. The van der Waals surface area contributed by atoms with Crippen LogP contribution in [0.25, 0.3) is 0 Å². The molecule has 18 heavy (non-hydrogen) atoms. The molecule has 6 heteroatoms. The highest BCUT2D eigenvalue weighted by atomic mass is 32.1. The maximum Gasteiger partial charge on any atom is 0.137 e. The van der Waals surface area contributed by atoms with Crippen LogP contribution < -0.4 is 10.5 Å². The molecule has 0 bridgehead atoms. The van der Waals surface area contributed by atoms with Gasteiger partial charge in [0.2, 0.25) is 0 Å². The van der Waals surface area contributed by atoms with E-state index in [1.165, 1.54) is 6.07 Å². The highest BCUT2D eigenvalue weighted by Crippen LogP contribution is 2.22. The molecule has 0 aliphatic rings. The van der Waals surface area contributed by atoms with Crippen molar-refractivity contribution >= 4 is 17.2 Å². The number of nitrogens with zero attached hydrogens (tertiary/aromatic N) is 2. The number of ether oxygens (including phenoxy) is 1. The topological polar surface area (TPSA) is 53.1 Å². The predicted octanol–water partition coefficient (Wildman–Crippen LogP) is 1.77. The van der Waals surface area contributed by atoms with Crippen molar-refractivity contribution in [2.75, 3.05) is 0 Å². The Morgan fingerprint density at radius 2 is 2.33 bits per heavy atom. The lowest BCUT2D eigenvalue weighted by atomic mass is 10.2. The van der Waals surface area contributed by atoms with Crippen molar-refractivity contribution < 1.29 is 9.13 Å². The lowest BCUT2D eigenvalue weighted by Gasteiger charge is -2.10. The molecular weight excluding hydrogens is 253 g/mol. The number of aryl methyl sites for hydroxylation is 1. The third kappa shape index (κ3) is 2.65. The minimum absolute atomic E-state index is 0.0192. The van der Waals surface area contributed by atoms with E-state index < -0.39 is 5.82 Å². The second-order valence-electron chi connectivity index (χ2n) is 3.79. The summed E-state index contributed by atoms with van der Waals surface area (Å²) in [5, 5.41) is 4.02. The first kappa shape index (κ1) is 12.5. The summed E-state index contributed by atoms with van der Waals surface area (Å²) in [7, 11) is 1.81. The maximum absolute atomic E-state index is 13.6. The lowest BCUT2D eigenvalue weighted by Crippen LogP contribution is -2.14. The zero-order valence-corrected chi connectivity index (χ0v) is 10.6. The first-order chi connectivity index (χ1) is 8.58. The van der Waals surface area contributed by atoms with E-state index in [9.17, 15) is 4.39 Å². The summed E-state index contributed by atoms with van der Waals surface area (Å²) in [4.78, 5) is -0.0192. The Hall–Kier alpha value is -1.95. The molecule has 2 aromatic rings. The van der Waals surface area contributed by atoms with Crippen LogP contribution >= 0.6 is 12.2 Å². The van der Waals surface area contributed by atoms with E-state index in [2.05, 4.69) is 5.10 Å². The Balaban J connectivity index is 2.19. The van der Waals surface area contributed by atoms with Gasteiger partial charge in [-0.2, -0.15) is 5.10 Å². The Kier molecular flexibility index (Phi) is 3.57. The van der Waals surface area contributed by atoms with Crippen LogP contribution in [-0.4, -0.2) is 14.8 Å². The van der Waals surface area contributed by atoms with E-state index in [1.807, 2.05) is 13.2 Å². The van der Waals surface area contributed by atoms with Crippen molar-refractivity contribution in [3.05, 3.63) is 47.5 Å². The zero-order chi connectivity index (χ0) is 13.1.